The molecule has 0 radical (unpaired) electrons. The van der Waals surface area contributed by atoms with Crippen molar-refractivity contribution in [3.8, 4) is 0 Å². The summed E-state index contributed by atoms with van der Waals surface area (Å²) < 4.78 is 0.989. The molecule has 0 aliphatic carbocycles. The number of hydrogen-bond acceptors (Lipinski definition) is 2. The van der Waals surface area contributed by atoms with Crippen molar-refractivity contribution in [1.29, 1.82) is 0 Å². The zero-order chi connectivity index (χ0) is 12.3. The van der Waals surface area contributed by atoms with Crippen LogP contribution in [0.25, 0.3) is 11.2 Å². The Morgan fingerprint density at radius 1 is 1.29 bits per heavy atom. The zero-order valence-corrected chi connectivity index (χ0v) is 11.9. The highest BCUT2D eigenvalue weighted by atomic mass is 79.9. The summed E-state index contributed by atoms with van der Waals surface area (Å²) in [6, 6.07) is 2.04. The molecule has 0 saturated carbocycles. The van der Waals surface area contributed by atoms with Crippen LogP contribution >= 0.6 is 15.9 Å². The first-order chi connectivity index (χ1) is 8.24. The summed E-state index contributed by atoms with van der Waals surface area (Å²) in [5, 5.41) is 0. The van der Waals surface area contributed by atoms with E-state index in [-0.39, 0.29) is 0 Å². The molecule has 17 heavy (non-hydrogen) atoms. The van der Waals surface area contributed by atoms with E-state index in [2.05, 4.69) is 44.7 Å². The molecule has 2 heterocycles. The van der Waals surface area contributed by atoms with Crippen LogP contribution in [0, 0.1) is 0 Å². The van der Waals surface area contributed by atoms with Crippen molar-refractivity contribution < 1.29 is 0 Å². The average Bonchev–Trinajstić information content (AvgIpc) is 2.71. The van der Waals surface area contributed by atoms with E-state index < -0.39 is 0 Å². The molecule has 0 aromatic carbocycles. The third-order valence-electron chi connectivity index (χ3n) is 2.98. The van der Waals surface area contributed by atoms with Gasteiger partial charge in [-0.15, -0.1) is 0 Å². The van der Waals surface area contributed by atoms with Crippen LogP contribution in [0.15, 0.2) is 16.7 Å². The summed E-state index contributed by atoms with van der Waals surface area (Å²) in [6.07, 6.45) is 6.56. The summed E-state index contributed by atoms with van der Waals surface area (Å²) in [5.41, 5.74) is 1.84. The number of hydrogen-bond donors (Lipinski definition) is 1. The van der Waals surface area contributed by atoms with Gasteiger partial charge in [0.1, 0.15) is 5.82 Å². The maximum atomic E-state index is 4.60. The average molecular weight is 296 g/mol. The molecule has 0 bridgehead atoms. The highest BCUT2D eigenvalue weighted by Crippen LogP contribution is 2.26. The van der Waals surface area contributed by atoms with Crippen LogP contribution in [0.1, 0.15) is 51.3 Å². The topological polar surface area (TPSA) is 41.6 Å². The Kier molecular flexibility index (Phi) is 4.15. The van der Waals surface area contributed by atoms with Crippen LogP contribution in [0.4, 0.5) is 0 Å². The van der Waals surface area contributed by atoms with Crippen molar-refractivity contribution in [1.82, 2.24) is 15.0 Å². The van der Waals surface area contributed by atoms with Gasteiger partial charge in [0.25, 0.3) is 0 Å². The fourth-order valence-corrected chi connectivity index (χ4v) is 2.53. The van der Waals surface area contributed by atoms with Gasteiger partial charge >= 0.3 is 0 Å². The first kappa shape index (κ1) is 12.6. The number of nitrogens with zero attached hydrogens (tertiary/aromatic N) is 2. The van der Waals surface area contributed by atoms with E-state index in [0.29, 0.717) is 5.92 Å². The molecule has 0 unspecified atom stereocenters. The van der Waals surface area contributed by atoms with Gasteiger partial charge in [-0.1, -0.05) is 26.7 Å². The Balaban J connectivity index is 2.33. The normalized spacial score (nSPS) is 11.5. The maximum Gasteiger partial charge on any atom is 0.177 e. The Morgan fingerprint density at radius 3 is 2.65 bits per heavy atom. The van der Waals surface area contributed by atoms with Crippen LogP contribution in [-0.4, -0.2) is 15.0 Å². The van der Waals surface area contributed by atoms with E-state index in [1.165, 1.54) is 25.7 Å². The molecular weight excluding hydrogens is 278 g/mol. The highest BCUT2D eigenvalue weighted by molar-refractivity contribution is 9.10. The minimum Gasteiger partial charge on any atom is -0.340 e. The Morgan fingerprint density at radius 2 is 2.00 bits per heavy atom. The van der Waals surface area contributed by atoms with E-state index >= 15 is 0 Å². The van der Waals surface area contributed by atoms with Gasteiger partial charge in [0, 0.05) is 16.6 Å². The minimum atomic E-state index is 0.540. The molecular formula is C13H18BrN3. The van der Waals surface area contributed by atoms with Crippen LogP contribution in [-0.2, 0) is 0 Å². The summed E-state index contributed by atoms with van der Waals surface area (Å²) in [7, 11) is 0. The van der Waals surface area contributed by atoms with Gasteiger partial charge in [0.05, 0.1) is 5.52 Å². The second-order valence-corrected chi connectivity index (χ2v) is 5.34. The highest BCUT2D eigenvalue weighted by Gasteiger charge is 2.14. The lowest BCUT2D eigenvalue weighted by Gasteiger charge is -2.11. The lowest BCUT2D eigenvalue weighted by Crippen LogP contribution is -2.00. The molecule has 3 nitrogen and oxygen atoms in total. The molecule has 0 spiro atoms. The van der Waals surface area contributed by atoms with Crippen LogP contribution in [0.3, 0.4) is 0 Å². The monoisotopic (exact) mass is 295 g/mol. The number of H-pyrrole nitrogens is 1. The summed E-state index contributed by atoms with van der Waals surface area (Å²) in [6.45, 7) is 4.44. The van der Waals surface area contributed by atoms with Crippen LogP contribution in [0.5, 0.6) is 0 Å². The molecule has 0 fully saturated rings. The van der Waals surface area contributed by atoms with Crippen molar-refractivity contribution in [2.75, 3.05) is 0 Å². The minimum absolute atomic E-state index is 0.540. The second kappa shape index (κ2) is 5.63. The molecule has 2 rings (SSSR count). The van der Waals surface area contributed by atoms with E-state index in [9.17, 15) is 0 Å². The Bertz CT molecular complexity index is 486. The summed E-state index contributed by atoms with van der Waals surface area (Å²) in [5.74, 6) is 1.63. The molecule has 2 aromatic heterocycles. The molecule has 2 aromatic rings. The van der Waals surface area contributed by atoms with Crippen molar-refractivity contribution in [3.05, 3.63) is 22.6 Å². The number of rotatable bonds is 5. The van der Waals surface area contributed by atoms with Crippen LogP contribution in [0.2, 0.25) is 0 Å². The zero-order valence-electron chi connectivity index (χ0n) is 10.3. The van der Waals surface area contributed by atoms with Gasteiger partial charge in [-0.2, -0.15) is 0 Å². The van der Waals surface area contributed by atoms with Crippen molar-refractivity contribution >= 4 is 27.1 Å². The number of halogens is 1. The Labute approximate surface area is 110 Å². The SMILES string of the molecule is CCCC(CCC)c1nc2ncc(Br)cc2[nH]1. The van der Waals surface area contributed by atoms with Crippen molar-refractivity contribution in [3.63, 3.8) is 0 Å². The number of fused-ring (bicyclic) bond motifs is 1. The fourth-order valence-electron chi connectivity index (χ4n) is 2.20. The lowest BCUT2D eigenvalue weighted by atomic mass is 9.98. The summed E-state index contributed by atoms with van der Waals surface area (Å²) in [4.78, 5) is 12.3. The van der Waals surface area contributed by atoms with Crippen molar-refractivity contribution in [2.45, 2.75) is 45.4 Å². The van der Waals surface area contributed by atoms with Crippen LogP contribution < -0.4 is 0 Å². The second-order valence-electron chi connectivity index (χ2n) is 4.42. The maximum absolute atomic E-state index is 4.60. The number of aromatic nitrogens is 3. The molecule has 4 heteroatoms. The molecule has 0 amide bonds. The van der Waals surface area contributed by atoms with Gasteiger partial charge in [-0.05, 0) is 34.8 Å². The quantitative estimate of drug-likeness (QED) is 0.888. The predicted octanol–water partition coefficient (Wildman–Crippen LogP) is 4.40. The number of aromatic amines is 1. The van der Waals surface area contributed by atoms with E-state index in [0.717, 1.165) is 21.5 Å². The van der Waals surface area contributed by atoms with Gasteiger partial charge in [0.15, 0.2) is 5.65 Å². The predicted molar refractivity (Wildman–Crippen MR) is 74.1 cm³/mol. The molecule has 0 saturated heterocycles. The number of nitrogens with one attached hydrogen (secondary N) is 1. The van der Waals surface area contributed by atoms with Gasteiger partial charge < -0.3 is 4.98 Å². The van der Waals surface area contributed by atoms with E-state index in [4.69, 9.17) is 0 Å². The van der Waals surface area contributed by atoms with Gasteiger partial charge in [0.2, 0.25) is 0 Å². The van der Waals surface area contributed by atoms with Crippen molar-refractivity contribution in [2.24, 2.45) is 0 Å². The largest absolute Gasteiger partial charge is 0.340 e. The lowest BCUT2D eigenvalue weighted by molar-refractivity contribution is 0.539. The first-order valence-electron chi connectivity index (χ1n) is 6.25. The summed E-state index contributed by atoms with van der Waals surface area (Å²) >= 11 is 3.43. The third kappa shape index (κ3) is 2.86. The molecule has 1 N–H and O–H groups in total. The molecule has 0 atom stereocenters. The number of imidazole rings is 1. The van der Waals surface area contributed by atoms with Gasteiger partial charge in [-0.3, -0.25) is 0 Å². The van der Waals surface area contributed by atoms with E-state index in [1.807, 2.05) is 6.07 Å². The first-order valence-corrected chi connectivity index (χ1v) is 7.05. The molecule has 92 valence electrons. The molecule has 0 aliphatic rings. The molecule has 0 aliphatic heterocycles. The third-order valence-corrected chi connectivity index (χ3v) is 3.42. The smallest absolute Gasteiger partial charge is 0.177 e. The van der Waals surface area contributed by atoms with Gasteiger partial charge in [-0.25, -0.2) is 9.97 Å². The van der Waals surface area contributed by atoms with E-state index in [1.54, 1.807) is 6.20 Å². The number of pyridine rings is 1. The Hall–Kier alpha value is -0.900. The fraction of sp³-hybridized carbons (Fsp3) is 0.538. The standard InChI is InChI=1S/C13H18BrN3/c1-3-5-9(6-4-2)12-16-11-7-10(14)8-15-13(11)17-12/h7-9H,3-6H2,1-2H3,(H,15,16,17).